The summed E-state index contributed by atoms with van der Waals surface area (Å²) in [6, 6.07) is 8.12. The molecule has 0 aromatic heterocycles. The summed E-state index contributed by atoms with van der Waals surface area (Å²) in [5.74, 6) is 0.393. The summed E-state index contributed by atoms with van der Waals surface area (Å²) >= 11 is 5.80. The molecule has 2 nitrogen and oxygen atoms in total. The van der Waals surface area contributed by atoms with Crippen molar-refractivity contribution >= 4 is 23.1 Å². The van der Waals surface area contributed by atoms with E-state index in [1.807, 2.05) is 24.3 Å². The molecule has 1 fully saturated rings. The van der Waals surface area contributed by atoms with Gasteiger partial charge in [0.25, 0.3) is 0 Å². The number of hydrogen-bond acceptors (Lipinski definition) is 2. The van der Waals surface area contributed by atoms with Gasteiger partial charge in [-0.2, -0.15) is 0 Å². The minimum atomic E-state index is 0.393. The van der Waals surface area contributed by atoms with Gasteiger partial charge in [-0.15, -0.1) is 0 Å². The number of rotatable bonds is 2. The van der Waals surface area contributed by atoms with Gasteiger partial charge in [0.05, 0.1) is 0 Å². The predicted octanol–water partition coefficient (Wildman–Crippen LogP) is 3.26. The number of benzene rings is 1. The minimum absolute atomic E-state index is 0.393. The highest BCUT2D eigenvalue weighted by Gasteiger charge is 2.17. The Balaban J connectivity index is 1.91. The molecule has 1 saturated carbocycles. The van der Waals surface area contributed by atoms with Crippen molar-refractivity contribution in [3.05, 3.63) is 29.3 Å². The van der Waals surface area contributed by atoms with Gasteiger partial charge in [0.1, 0.15) is 5.78 Å². The maximum absolute atomic E-state index is 11.1. The summed E-state index contributed by atoms with van der Waals surface area (Å²) in [7, 11) is 0. The van der Waals surface area contributed by atoms with Crippen LogP contribution >= 0.6 is 11.6 Å². The Kier molecular flexibility index (Phi) is 3.27. The molecule has 1 aliphatic rings. The number of Topliss-reactive ketones (excluding diaryl/α,β-unsaturated/α-hetero) is 1. The second-order valence-electron chi connectivity index (χ2n) is 3.96. The predicted molar refractivity (Wildman–Crippen MR) is 62.3 cm³/mol. The highest BCUT2D eigenvalue weighted by molar-refractivity contribution is 6.30. The first kappa shape index (κ1) is 10.5. The Labute approximate surface area is 94.6 Å². The first-order valence-electron chi connectivity index (χ1n) is 5.28. The number of halogens is 1. The monoisotopic (exact) mass is 223 g/mol. The number of hydrogen-bond donors (Lipinski definition) is 1. The van der Waals surface area contributed by atoms with Gasteiger partial charge < -0.3 is 5.32 Å². The molecule has 3 heteroatoms. The number of ketones is 1. The molecule has 1 N–H and O–H groups in total. The molecule has 0 bridgehead atoms. The molecule has 0 saturated heterocycles. The van der Waals surface area contributed by atoms with E-state index < -0.39 is 0 Å². The second-order valence-corrected chi connectivity index (χ2v) is 4.40. The van der Waals surface area contributed by atoms with Crippen molar-refractivity contribution < 1.29 is 4.79 Å². The van der Waals surface area contributed by atoms with Gasteiger partial charge in [-0.25, -0.2) is 0 Å². The van der Waals surface area contributed by atoms with Gasteiger partial charge >= 0.3 is 0 Å². The van der Waals surface area contributed by atoms with E-state index in [2.05, 4.69) is 5.32 Å². The normalized spacial score (nSPS) is 17.8. The molecule has 0 atom stereocenters. The number of nitrogens with one attached hydrogen (secondary N) is 1. The molecule has 2 rings (SSSR count). The first-order valence-corrected chi connectivity index (χ1v) is 5.65. The highest BCUT2D eigenvalue weighted by Crippen LogP contribution is 2.20. The maximum atomic E-state index is 11.1. The summed E-state index contributed by atoms with van der Waals surface area (Å²) in [6.45, 7) is 0. The molecular weight excluding hydrogens is 210 g/mol. The van der Waals surface area contributed by atoms with E-state index in [0.29, 0.717) is 24.7 Å². The Hall–Kier alpha value is -1.02. The molecule has 15 heavy (non-hydrogen) atoms. The van der Waals surface area contributed by atoms with Gasteiger partial charge in [-0.3, -0.25) is 4.79 Å². The zero-order valence-corrected chi connectivity index (χ0v) is 9.26. The molecule has 0 heterocycles. The van der Waals surface area contributed by atoms with Gasteiger partial charge in [0.15, 0.2) is 0 Å². The minimum Gasteiger partial charge on any atom is -0.382 e. The molecule has 1 aromatic carbocycles. The van der Waals surface area contributed by atoms with Crippen molar-refractivity contribution in [2.45, 2.75) is 31.7 Å². The lowest BCUT2D eigenvalue weighted by atomic mass is 9.94. The van der Waals surface area contributed by atoms with E-state index in [9.17, 15) is 4.79 Å². The van der Waals surface area contributed by atoms with Crippen molar-refractivity contribution in [3.63, 3.8) is 0 Å². The van der Waals surface area contributed by atoms with Crippen molar-refractivity contribution in [3.8, 4) is 0 Å². The van der Waals surface area contributed by atoms with Crippen LogP contribution in [0, 0.1) is 0 Å². The van der Waals surface area contributed by atoms with Gasteiger partial charge in [-0.1, -0.05) is 11.6 Å². The maximum Gasteiger partial charge on any atom is 0.133 e. The van der Waals surface area contributed by atoms with Crippen molar-refractivity contribution in [1.82, 2.24) is 0 Å². The third-order valence-electron chi connectivity index (χ3n) is 2.76. The average molecular weight is 224 g/mol. The SMILES string of the molecule is O=C1CCC(Nc2ccc(Cl)cc2)CC1. The summed E-state index contributed by atoms with van der Waals surface area (Å²) in [6.07, 6.45) is 3.32. The summed E-state index contributed by atoms with van der Waals surface area (Å²) in [4.78, 5) is 11.1. The van der Waals surface area contributed by atoms with E-state index in [1.165, 1.54) is 0 Å². The van der Waals surface area contributed by atoms with Crippen LogP contribution in [0.4, 0.5) is 5.69 Å². The Morgan fingerprint density at radius 2 is 1.73 bits per heavy atom. The molecule has 1 aromatic rings. The molecule has 1 aliphatic carbocycles. The van der Waals surface area contributed by atoms with Crippen LogP contribution in [0.2, 0.25) is 5.02 Å². The van der Waals surface area contributed by atoms with E-state index in [1.54, 1.807) is 0 Å². The smallest absolute Gasteiger partial charge is 0.133 e. The zero-order chi connectivity index (χ0) is 10.7. The fourth-order valence-corrected chi connectivity index (χ4v) is 1.99. The van der Waals surface area contributed by atoms with Crippen LogP contribution in [0.15, 0.2) is 24.3 Å². The molecule has 0 aliphatic heterocycles. The van der Waals surface area contributed by atoms with Gasteiger partial charge in [0, 0.05) is 29.6 Å². The van der Waals surface area contributed by atoms with Crippen LogP contribution in [0.3, 0.4) is 0 Å². The third kappa shape index (κ3) is 2.96. The lowest BCUT2D eigenvalue weighted by molar-refractivity contribution is -0.120. The second kappa shape index (κ2) is 4.67. The molecule has 80 valence electrons. The average Bonchev–Trinajstić information content (AvgIpc) is 2.25. The standard InChI is InChI=1S/C12H14ClNO/c13-9-1-3-10(4-2-9)14-11-5-7-12(15)8-6-11/h1-4,11,14H,5-8H2. The fourth-order valence-electron chi connectivity index (χ4n) is 1.87. The highest BCUT2D eigenvalue weighted by atomic mass is 35.5. The van der Waals surface area contributed by atoms with Crippen LogP contribution in [0.5, 0.6) is 0 Å². The van der Waals surface area contributed by atoms with Gasteiger partial charge in [-0.05, 0) is 37.1 Å². The Morgan fingerprint density at radius 1 is 1.13 bits per heavy atom. The number of anilines is 1. The van der Waals surface area contributed by atoms with Crippen LogP contribution in [0.25, 0.3) is 0 Å². The fraction of sp³-hybridized carbons (Fsp3) is 0.417. The first-order chi connectivity index (χ1) is 7.24. The lowest BCUT2D eigenvalue weighted by Gasteiger charge is -2.23. The van der Waals surface area contributed by atoms with Crippen molar-refractivity contribution in [2.24, 2.45) is 0 Å². The van der Waals surface area contributed by atoms with Gasteiger partial charge in [0.2, 0.25) is 0 Å². The van der Waals surface area contributed by atoms with E-state index >= 15 is 0 Å². The van der Waals surface area contributed by atoms with E-state index in [0.717, 1.165) is 23.6 Å². The van der Waals surface area contributed by atoms with Crippen molar-refractivity contribution in [2.75, 3.05) is 5.32 Å². The quantitative estimate of drug-likeness (QED) is 0.834. The van der Waals surface area contributed by atoms with Crippen LogP contribution in [0.1, 0.15) is 25.7 Å². The summed E-state index contributed by atoms with van der Waals surface area (Å²) < 4.78 is 0. The molecule has 0 unspecified atom stereocenters. The third-order valence-corrected chi connectivity index (χ3v) is 3.01. The largest absolute Gasteiger partial charge is 0.382 e. The zero-order valence-electron chi connectivity index (χ0n) is 8.50. The number of carbonyl (C=O) groups is 1. The molecule has 0 spiro atoms. The summed E-state index contributed by atoms with van der Waals surface area (Å²) in [5, 5.41) is 4.17. The van der Waals surface area contributed by atoms with Crippen LogP contribution in [-0.4, -0.2) is 11.8 Å². The Morgan fingerprint density at radius 3 is 2.33 bits per heavy atom. The Bertz CT molecular complexity index is 337. The summed E-state index contributed by atoms with van der Waals surface area (Å²) in [5.41, 5.74) is 1.08. The van der Waals surface area contributed by atoms with E-state index in [4.69, 9.17) is 11.6 Å². The topological polar surface area (TPSA) is 29.1 Å². The van der Waals surface area contributed by atoms with E-state index in [-0.39, 0.29) is 0 Å². The van der Waals surface area contributed by atoms with Crippen molar-refractivity contribution in [1.29, 1.82) is 0 Å². The molecular formula is C12H14ClNO. The molecule has 0 amide bonds. The van der Waals surface area contributed by atoms with Crippen LogP contribution < -0.4 is 5.32 Å². The lowest BCUT2D eigenvalue weighted by Crippen LogP contribution is -2.25. The van der Waals surface area contributed by atoms with Crippen LogP contribution in [-0.2, 0) is 4.79 Å². The number of carbonyl (C=O) groups excluding carboxylic acids is 1. The molecule has 0 radical (unpaired) electrons.